The van der Waals surface area contributed by atoms with Crippen LogP contribution in [0.2, 0.25) is 0 Å². The summed E-state index contributed by atoms with van der Waals surface area (Å²) >= 11 is 3.37. The summed E-state index contributed by atoms with van der Waals surface area (Å²) in [6.45, 7) is 3.60. The highest BCUT2D eigenvalue weighted by Crippen LogP contribution is 2.29. The van der Waals surface area contributed by atoms with Crippen molar-refractivity contribution in [3.8, 4) is 10.6 Å². The smallest absolute Gasteiger partial charge is 0.267 e. The zero-order valence-corrected chi connectivity index (χ0v) is 18.2. The first-order chi connectivity index (χ1) is 14.1. The van der Waals surface area contributed by atoms with Crippen LogP contribution in [-0.2, 0) is 17.5 Å². The Morgan fingerprint density at radius 2 is 2.21 bits per heavy atom. The Bertz CT molecular complexity index is 992. The molecule has 1 N–H and O–H groups in total. The molecular weight excluding hydrogens is 404 g/mol. The average molecular weight is 429 g/mol. The van der Waals surface area contributed by atoms with E-state index in [2.05, 4.69) is 27.5 Å². The number of ether oxygens (including phenoxy) is 1. The minimum atomic E-state index is -0.121. The summed E-state index contributed by atoms with van der Waals surface area (Å²) in [7, 11) is 1.87. The Hall–Kier alpha value is -2.16. The maximum Gasteiger partial charge on any atom is 0.267 e. The molecule has 3 aromatic rings. The van der Waals surface area contributed by atoms with Gasteiger partial charge in [-0.2, -0.15) is 16.9 Å². The molecule has 0 saturated carbocycles. The van der Waals surface area contributed by atoms with Crippen LogP contribution in [-0.4, -0.2) is 39.1 Å². The van der Waals surface area contributed by atoms with E-state index in [4.69, 9.17) is 4.74 Å². The van der Waals surface area contributed by atoms with E-state index in [1.165, 1.54) is 16.9 Å². The summed E-state index contributed by atoms with van der Waals surface area (Å²) in [5, 5.41) is 8.68. The molecule has 29 heavy (non-hydrogen) atoms. The van der Waals surface area contributed by atoms with Crippen molar-refractivity contribution in [2.24, 2.45) is 7.05 Å². The standard InChI is InChI=1S/C21H24N4O2S2/c1-14-19(29-21(23-14)16-11-22-25(2)12-16)20(26)24-17-5-3-4-15(10-17)13-28-18-6-8-27-9-7-18/h3-5,10-12,18H,6-9,13H2,1-2H3,(H,24,26). The van der Waals surface area contributed by atoms with Gasteiger partial charge in [0.2, 0.25) is 0 Å². The van der Waals surface area contributed by atoms with Gasteiger partial charge in [-0.3, -0.25) is 9.48 Å². The lowest BCUT2D eigenvalue weighted by atomic mass is 10.2. The molecule has 1 fully saturated rings. The fourth-order valence-corrected chi connectivity index (χ4v) is 5.32. The molecule has 0 bridgehead atoms. The van der Waals surface area contributed by atoms with Crippen molar-refractivity contribution in [2.45, 2.75) is 30.8 Å². The number of thioether (sulfide) groups is 1. The van der Waals surface area contributed by atoms with Gasteiger partial charge < -0.3 is 10.1 Å². The molecule has 0 unspecified atom stereocenters. The van der Waals surface area contributed by atoms with E-state index >= 15 is 0 Å². The Labute approximate surface area is 178 Å². The number of benzene rings is 1. The molecule has 152 valence electrons. The fourth-order valence-electron chi connectivity index (χ4n) is 3.25. The third-order valence-corrected chi connectivity index (χ3v) is 7.44. The maximum atomic E-state index is 12.8. The first-order valence-electron chi connectivity index (χ1n) is 9.64. The quantitative estimate of drug-likeness (QED) is 0.625. The van der Waals surface area contributed by atoms with Gasteiger partial charge in [0.25, 0.3) is 5.91 Å². The van der Waals surface area contributed by atoms with Crippen molar-refractivity contribution in [1.82, 2.24) is 14.8 Å². The number of aromatic nitrogens is 3. The number of hydrogen-bond acceptors (Lipinski definition) is 6. The monoisotopic (exact) mass is 428 g/mol. The number of carbonyl (C=O) groups excluding carboxylic acids is 1. The van der Waals surface area contributed by atoms with E-state index in [0.717, 1.165) is 53.8 Å². The molecule has 0 aliphatic carbocycles. The van der Waals surface area contributed by atoms with Crippen molar-refractivity contribution >= 4 is 34.7 Å². The van der Waals surface area contributed by atoms with Crippen molar-refractivity contribution in [3.05, 3.63) is 52.8 Å². The molecule has 1 aromatic carbocycles. The van der Waals surface area contributed by atoms with E-state index in [1.807, 2.05) is 44.1 Å². The zero-order chi connectivity index (χ0) is 20.2. The molecule has 6 nitrogen and oxygen atoms in total. The number of amides is 1. The van der Waals surface area contributed by atoms with Gasteiger partial charge in [0, 0.05) is 48.7 Å². The van der Waals surface area contributed by atoms with Gasteiger partial charge in [0.05, 0.1) is 11.9 Å². The molecule has 1 amide bonds. The van der Waals surface area contributed by atoms with Gasteiger partial charge in [-0.1, -0.05) is 12.1 Å². The summed E-state index contributed by atoms with van der Waals surface area (Å²) < 4.78 is 7.16. The van der Waals surface area contributed by atoms with Crippen molar-refractivity contribution in [1.29, 1.82) is 0 Å². The highest BCUT2D eigenvalue weighted by Gasteiger charge is 2.18. The van der Waals surface area contributed by atoms with Crippen LogP contribution in [0.3, 0.4) is 0 Å². The molecule has 1 aliphatic rings. The molecule has 1 aliphatic heterocycles. The van der Waals surface area contributed by atoms with Crippen LogP contribution in [0, 0.1) is 6.92 Å². The first kappa shape index (κ1) is 20.1. The van der Waals surface area contributed by atoms with Crippen LogP contribution in [0.25, 0.3) is 10.6 Å². The summed E-state index contributed by atoms with van der Waals surface area (Å²) in [6, 6.07) is 8.10. The lowest BCUT2D eigenvalue weighted by molar-refractivity contribution is 0.1000. The van der Waals surface area contributed by atoms with Crippen molar-refractivity contribution in [2.75, 3.05) is 18.5 Å². The number of anilines is 1. The topological polar surface area (TPSA) is 69.0 Å². The second kappa shape index (κ2) is 9.11. The normalized spacial score (nSPS) is 14.8. The van der Waals surface area contributed by atoms with Gasteiger partial charge in [-0.25, -0.2) is 4.98 Å². The summed E-state index contributed by atoms with van der Waals surface area (Å²) in [6.07, 6.45) is 5.90. The predicted octanol–water partition coefficient (Wildman–Crippen LogP) is 4.52. The molecule has 0 radical (unpaired) electrons. The van der Waals surface area contributed by atoms with Crippen LogP contribution < -0.4 is 5.32 Å². The van der Waals surface area contributed by atoms with Gasteiger partial charge >= 0.3 is 0 Å². The zero-order valence-electron chi connectivity index (χ0n) is 16.6. The molecule has 0 spiro atoms. The van der Waals surface area contributed by atoms with E-state index in [1.54, 1.807) is 10.9 Å². The van der Waals surface area contributed by atoms with Gasteiger partial charge in [0.1, 0.15) is 9.88 Å². The van der Waals surface area contributed by atoms with Crippen LogP contribution in [0.15, 0.2) is 36.7 Å². The number of hydrogen-bond donors (Lipinski definition) is 1. The van der Waals surface area contributed by atoms with Gasteiger partial charge in [0.15, 0.2) is 0 Å². The number of carbonyl (C=O) groups is 1. The number of nitrogens with zero attached hydrogens (tertiary/aromatic N) is 3. The highest BCUT2D eigenvalue weighted by molar-refractivity contribution is 7.99. The summed E-state index contributed by atoms with van der Waals surface area (Å²) in [5.41, 5.74) is 3.69. The van der Waals surface area contributed by atoms with Crippen LogP contribution in [0.5, 0.6) is 0 Å². The van der Waals surface area contributed by atoms with Crippen LogP contribution in [0.1, 0.15) is 33.8 Å². The molecule has 1 saturated heterocycles. The molecule has 8 heteroatoms. The molecule has 0 atom stereocenters. The fraction of sp³-hybridized carbons (Fsp3) is 0.381. The van der Waals surface area contributed by atoms with Gasteiger partial charge in [-0.15, -0.1) is 11.3 Å². The lowest BCUT2D eigenvalue weighted by Gasteiger charge is -2.21. The molecule has 4 rings (SSSR count). The predicted molar refractivity (Wildman–Crippen MR) is 119 cm³/mol. The molecule has 2 aromatic heterocycles. The van der Waals surface area contributed by atoms with Crippen LogP contribution in [0.4, 0.5) is 5.69 Å². The molecular formula is C21H24N4O2S2. The molecule has 3 heterocycles. The summed E-state index contributed by atoms with van der Waals surface area (Å²) in [5.74, 6) is 0.823. The second-order valence-corrected chi connectivity index (χ2v) is 9.40. The van der Waals surface area contributed by atoms with Crippen LogP contribution >= 0.6 is 23.1 Å². The number of aryl methyl sites for hydroxylation is 2. The Balaban J connectivity index is 1.41. The Morgan fingerprint density at radius 3 is 2.97 bits per heavy atom. The summed E-state index contributed by atoms with van der Waals surface area (Å²) in [4.78, 5) is 18.0. The third kappa shape index (κ3) is 5.07. The highest BCUT2D eigenvalue weighted by atomic mass is 32.2. The minimum absolute atomic E-state index is 0.121. The Morgan fingerprint density at radius 1 is 1.38 bits per heavy atom. The SMILES string of the molecule is Cc1nc(-c2cnn(C)c2)sc1C(=O)Nc1cccc(CSC2CCOCC2)c1. The number of nitrogens with one attached hydrogen (secondary N) is 1. The van der Waals surface area contributed by atoms with Gasteiger partial charge in [-0.05, 0) is 37.5 Å². The largest absolute Gasteiger partial charge is 0.381 e. The maximum absolute atomic E-state index is 12.8. The number of rotatable bonds is 6. The second-order valence-electron chi connectivity index (χ2n) is 7.11. The van der Waals surface area contributed by atoms with Crippen molar-refractivity contribution < 1.29 is 9.53 Å². The Kier molecular flexibility index (Phi) is 6.32. The van der Waals surface area contributed by atoms with E-state index < -0.39 is 0 Å². The lowest BCUT2D eigenvalue weighted by Crippen LogP contribution is -2.17. The average Bonchev–Trinajstić information content (AvgIpc) is 3.33. The third-order valence-electron chi connectivity index (χ3n) is 4.79. The van der Waals surface area contributed by atoms with E-state index in [-0.39, 0.29) is 5.91 Å². The van der Waals surface area contributed by atoms with E-state index in [0.29, 0.717) is 10.1 Å². The number of thiazole rings is 1. The van der Waals surface area contributed by atoms with E-state index in [9.17, 15) is 4.79 Å². The first-order valence-corrected chi connectivity index (χ1v) is 11.5. The minimum Gasteiger partial charge on any atom is -0.381 e. The van der Waals surface area contributed by atoms with Crippen molar-refractivity contribution in [3.63, 3.8) is 0 Å².